The van der Waals surface area contributed by atoms with Crippen LogP contribution in [0.15, 0.2) is 18.2 Å². The van der Waals surface area contributed by atoms with Crippen LogP contribution in [0.1, 0.15) is 31.7 Å². The molecule has 4 heteroatoms. The second-order valence-electron chi connectivity index (χ2n) is 5.02. The Labute approximate surface area is 120 Å². The van der Waals surface area contributed by atoms with E-state index in [9.17, 15) is 4.79 Å². The first kappa shape index (κ1) is 14.3. The molecule has 1 N–H and O–H groups in total. The number of amides is 1. The van der Waals surface area contributed by atoms with Crippen molar-refractivity contribution >= 4 is 24.2 Å². The Morgan fingerprint density at radius 2 is 2.26 bits per heavy atom. The highest BCUT2D eigenvalue weighted by molar-refractivity contribution is 7.80. The van der Waals surface area contributed by atoms with E-state index in [-0.39, 0.29) is 5.91 Å². The number of hydrogen-bond donors (Lipinski definition) is 2. The Morgan fingerprint density at radius 3 is 3.00 bits per heavy atom. The normalized spacial score (nSPS) is 15.6. The fraction of sp³-hybridized carbons (Fsp3) is 0.533. The number of hydrogen-bond acceptors (Lipinski definition) is 3. The first-order valence-electron chi connectivity index (χ1n) is 6.89. The molecule has 1 aromatic rings. The smallest absolute Gasteiger partial charge is 0.224 e. The van der Waals surface area contributed by atoms with Crippen LogP contribution in [-0.4, -0.2) is 18.3 Å². The number of rotatable bonds is 6. The molecule has 0 aromatic heterocycles. The zero-order chi connectivity index (χ0) is 13.7. The molecule has 1 amide bonds. The van der Waals surface area contributed by atoms with Gasteiger partial charge in [-0.15, -0.1) is 0 Å². The van der Waals surface area contributed by atoms with Gasteiger partial charge in [0, 0.05) is 18.0 Å². The first-order valence-corrected chi connectivity index (χ1v) is 7.52. The van der Waals surface area contributed by atoms with E-state index >= 15 is 0 Å². The zero-order valence-electron chi connectivity index (χ0n) is 11.3. The van der Waals surface area contributed by atoms with Crippen molar-refractivity contribution in [1.82, 2.24) is 0 Å². The number of aryl methyl sites for hydroxylation is 1. The lowest BCUT2D eigenvalue weighted by atomic mass is 10.0. The molecule has 1 aromatic carbocycles. The minimum Gasteiger partial charge on any atom is -0.493 e. The van der Waals surface area contributed by atoms with Crippen LogP contribution in [-0.2, 0) is 11.2 Å². The summed E-state index contributed by atoms with van der Waals surface area (Å²) < 4.78 is 5.84. The van der Waals surface area contributed by atoms with Crippen LogP contribution < -0.4 is 10.1 Å². The maximum absolute atomic E-state index is 11.3. The molecule has 1 heterocycles. The van der Waals surface area contributed by atoms with E-state index in [1.165, 1.54) is 0 Å². The highest BCUT2D eigenvalue weighted by atomic mass is 32.1. The third-order valence-corrected chi connectivity index (χ3v) is 3.93. The lowest BCUT2D eigenvalue weighted by molar-refractivity contribution is -0.116. The number of fused-ring (bicyclic) bond motifs is 1. The summed E-state index contributed by atoms with van der Waals surface area (Å²) >= 11 is 4.36. The van der Waals surface area contributed by atoms with Gasteiger partial charge in [-0.3, -0.25) is 4.79 Å². The predicted molar refractivity (Wildman–Crippen MR) is 81.1 cm³/mol. The van der Waals surface area contributed by atoms with Crippen molar-refractivity contribution in [1.29, 1.82) is 0 Å². The molecule has 0 radical (unpaired) electrons. The molecular weight excluding hydrogens is 258 g/mol. The van der Waals surface area contributed by atoms with Gasteiger partial charge in [-0.25, -0.2) is 0 Å². The van der Waals surface area contributed by atoms with E-state index in [0.29, 0.717) is 18.9 Å². The van der Waals surface area contributed by atoms with Crippen LogP contribution in [0.5, 0.6) is 5.75 Å². The lowest BCUT2D eigenvalue weighted by Crippen LogP contribution is -2.19. The quantitative estimate of drug-likeness (QED) is 0.784. The predicted octanol–water partition coefficient (Wildman–Crippen LogP) is 3.30. The number of ether oxygens (including phenoxy) is 1. The number of thiol groups is 1. The maximum Gasteiger partial charge on any atom is 0.224 e. The highest BCUT2D eigenvalue weighted by Gasteiger charge is 2.15. The Kier molecular flexibility index (Phi) is 5.14. The Hall–Kier alpha value is -1.16. The zero-order valence-corrected chi connectivity index (χ0v) is 12.2. The summed E-state index contributed by atoms with van der Waals surface area (Å²) in [6.45, 7) is 2.89. The minimum atomic E-state index is 0.0965. The average Bonchev–Trinajstić information content (AvgIpc) is 2.43. The molecule has 0 bridgehead atoms. The number of carbonyl (C=O) groups excluding carboxylic acids is 1. The monoisotopic (exact) mass is 279 g/mol. The van der Waals surface area contributed by atoms with Crippen LogP contribution in [0.25, 0.3) is 0 Å². The van der Waals surface area contributed by atoms with E-state index < -0.39 is 0 Å². The van der Waals surface area contributed by atoms with Gasteiger partial charge in [0.1, 0.15) is 5.75 Å². The van der Waals surface area contributed by atoms with Crippen molar-refractivity contribution in [3.05, 3.63) is 23.8 Å². The molecule has 104 valence electrons. The molecule has 3 nitrogen and oxygen atoms in total. The van der Waals surface area contributed by atoms with Crippen LogP contribution in [0.4, 0.5) is 5.69 Å². The van der Waals surface area contributed by atoms with Gasteiger partial charge in [-0.2, -0.15) is 12.6 Å². The summed E-state index contributed by atoms with van der Waals surface area (Å²) in [5.41, 5.74) is 2.08. The number of anilines is 1. The van der Waals surface area contributed by atoms with Crippen molar-refractivity contribution < 1.29 is 9.53 Å². The first-order chi connectivity index (χ1) is 9.22. The molecule has 0 aliphatic carbocycles. The lowest BCUT2D eigenvalue weighted by Gasteiger charge is -2.19. The molecule has 0 saturated carbocycles. The number of carbonyl (C=O) groups is 1. The largest absolute Gasteiger partial charge is 0.493 e. The van der Waals surface area contributed by atoms with Crippen molar-refractivity contribution in [3.8, 4) is 5.75 Å². The highest BCUT2D eigenvalue weighted by Crippen LogP contribution is 2.27. The van der Waals surface area contributed by atoms with E-state index in [2.05, 4.69) is 24.9 Å². The molecule has 1 aliphatic rings. The van der Waals surface area contributed by atoms with Gasteiger partial charge < -0.3 is 10.1 Å². The van der Waals surface area contributed by atoms with Crippen LogP contribution in [0.3, 0.4) is 0 Å². The van der Waals surface area contributed by atoms with E-state index in [0.717, 1.165) is 42.0 Å². The molecule has 19 heavy (non-hydrogen) atoms. The van der Waals surface area contributed by atoms with Gasteiger partial charge in [-0.05, 0) is 42.4 Å². The van der Waals surface area contributed by atoms with Crippen molar-refractivity contribution in [2.75, 3.05) is 17.7 Å². The second-order valence-corrected chi connectivity index (χ2v) is 5.38. The van der Waals surface area contributed by atoms with Crippen molar-refractivity contribution in [3.63, 3.8) is 0 Å². The summed E-state index contributed by atoms with van der Waals surface area (Å²) in [4.78, 5) is 11.3. The summed E-state index contributed by atoms with van der Waals surface area (Å²) in [6, 6.07) is 5.89. The summed E-state index contributed by atoms with van der Waals surface area (Å²) in [5, 5.41) is 2.88. The van der Waals surface area contributed by atoms with Gasteiger partial charge in [0.25, 0.3) is 0 Å². The fourth-order valence-corrected chi connectivity index (χ4v) is 2.59. The van der Waals surface area contributed by atoms with E-state index in [4.69, 9.17) is 4.74 Å². The van der Waals surface area contributed by atoms with Crippen LogP contribution in [0.2, 0.25) is 0 Å². The van der Waals surface area contributed by atoms with Gasteiger partial charge in [0.05, 0.1) is 6.61 Å². The summed E-state index contributed by atoms with van der Waals surface area (Å²) in [6.07, 6.45) is 3.66. The van der Waals surface area contributed by atoms with Crippen molar-refractivity contribution in [2.45, 2.75) is 32.6 Å². The molecular formula is C15H21NO2S. The number of benzene rings is 1. The molecule has 2 rings (SSSR count). The Balaban J connectivity index is 1.96. The van der Waals surface area contributed by atoms with Crippen molar-refractivity contribution in [2.24, 2.45) is 5.92 Å². The average molecular weight is 279 g/mol. The topological polar surface area (TPSA) is 38.3 Å². The van der Waals surface area contributed by atoms with Gasteiger partial charge in [0.15, 0.2) is 0 Å². The summed E-state index contributed by atoms with van der Waals surface area (Å²) in [7, 11) is 0. The molecule has 0 saturated heterocycles. The van der Waals surface area contributed by atoms with E-state index in [1.807, 2.05) is 18.2 Å². The Bertz CT molecular complexity index is 448. The van der Waals surface area contributed by atoms with Gasteiger partial charge in [0.2, 0.25) is 5.91 Å². The van der Waals surface area contributed by atoms with E-state index in [1.54, 1.807) is 0 Å². The SMILES string of the molecule is CCCC(CS)COc1ccc2c(c1)CCC(=O)N2. The third-order valence-electron chi connectivity index (χ3n) is 3.41. The molecule has 1 unspecified atom stereocenters. The maximum atomic E-state index is 11.3. The van der Waals surface area contributed by atoms with Crippen LogP contribution in [0, 0.1) is 5.92 Å². The van der Waals surface area contributed by atoms with Crippen LogP contribution >= 0.6 is 12.6 Å². The van der Waals surface area contributed by atoms with Gasteiger partial charge in [-0.1, -0.05) is 13.3 Å². The second kappa shape index (κ2) is 6.85. The van der Waals surface area contributed by atoms with Gasteiger partial charge >= 0.3 is 0 Å². The number of nitrogens with one attached hydrogen (secondary N) is 1. The summed E-state index contributed by atoms with van der Waals surface area (Å²) in [5.74, 6) is 2.34. The third kappa shape index (κ3) is 3.90. The standard InChI is InChI=1S/C15H21NO2S/c1-2-3-11(10-19)9-18-13-5-6-14-12(8-13)4-7-15(17)16-14/h5-6,8,11,19H,2-4,7,9-10H2,1H3,(H,16,17). The minimum absolute atomic E-state index is 0.0965. The fourth-order valence-electron chi connectivity index (χ4n) is 2.30. The molecule has 0 fully saturated rings. The molecule has 0 spiro atoms. The Morgan fingerprint density at radius 1 is 1.42 bits per heavy atom. The molecule has 1 atom stereocenters. The molecule has 1 aliphatic heterocycles.